The van der Waals surface area contributed by atoms with Gasteiger partial charge in [-0.3, -0.25) is 4.31 Å². The number of hydrogen-bond acceptors (Lipinski definition) is 4. The lowest BCUT2D eigenvalue weighted by Gasteiger charge is -2.31. The van der Waals surface area contributed by atoms with Gasteiger partial charge < -0.3 is 10.2 Å². The molecule has 0 aliphatic carbocycles. The molecule has 5 nitrogen and oxygen atoms in total. The van der Waals surface area contributed by atoms with E-state index in [9.17, 15) is 8.42 Å². The normalized spacial score (nSPS) is 14.8. The lowest BCUT2D eigenvalue weighted by Crippen LogP contribution is -2.43. The fourth-order valence-electron chi connectivity index (χ4n) is 4.42. The number of rotatable bonds is 4. The third-order valence-corrected chi connectivity index (χ3v) is 7.89. The van der Waals surface area contributed by atoms with E-state index >= 15 is 0 Å². The van der Waals surface area contributed by atoms with E-state index in [1.54, 1.807) is 19.2 Å². The molecule has 1 saturated heterocycles. The number of anilines is 2. The van der Waals surface area contributed by atoms with Gasteiger partial charge in [0.25, 0.3) is 10.0 Å². The summed E-state index contributed by atoms with van der Waals surface area (Å²) in [6.45, 7) is 3.78. The van der Waals surface area contributed by atoms with Gasteiger partial charge in [0.1, 0.15) is 0 Å². The third kappa shape index (κ3) is 3.42. The maximum absolute atomic E-state index is 13.7. The molecular weight excluding hydrogens is 406 g/mol. The predicted octanol–water partition coefficient (Wildman–Crippen LogP) is 4.23. The van der Waals surface area contributed by atoms with Gasteiger partial charge in [-0.1, -0.05) is 60.7 Å². The number of fused-ring (bicyclic) bond motifs is 2. The molecule has 0 spiro atoms. The first kappa shape index (κ1) is 19.8. The molecule has 0 unspecified atom stereocenters. The third-order valence-electron chi connectivity index (χ3n) is 6.06. The van der Waals surface area contributed by atoms with Gasteiger partial charge in [-0.25, -0.2) is 8.42 Å². The van der Waals surface area contributed by atoms with E-state index in [0.717, 1.165) is 53.4 Å². The monoisotopic (exact) mass is 431 g/mol. The largest absolute Gasteiger partial charge is 0.368 e. The molecule has 31 heavy (non-hydrogen) atoms. The summed E-state index contributed by atoms with van der Waals surface area (Å²) in [6, 6.07) is 25.1. The summed E-state index contributed by atoms with van der Waals surface area (Å²) >= 11 is 0. The van der Waals surface area contributed by atoms with E-state index in [4.69, 9.17) is 0 Å². The second kappa shape index (κ2) is 7.87. The smallest absolute Gasteiger partial charge is 0.264 e. The molecule has 5 rings (SSSR count). The molecule has 4 aromatic rings. The molecule has 1 aliphatic rings. The molecule has 0 amide bonds. The van der Waals surface area contributed by atoms with Crippen molar-refractivity contribution >= 4 is 42.9 Å². The Morgan fingerprint density at radius 1 is 0.774 bits per heavy atom. The van der Waals surface area contributed by atoms with Gasteiger partial charge in [0, 0.05) is 55.1 Å². The SMILES string of the molecule is CN(c1ccc(N2CCNCC2)c2ccccc12)S(=O)(=O)c1cccc2ccccc12. The quantitative estimate of drug-likeness (QED) is 0.526. The van der Waals surface area contributed by atoms with Crippen LogP contribution in [0, 0.1) is 0 Å². The molecule has 0 atom stereocenters. The summed E-state index contributed by atoms with van der Waals surface area (Å²) in [4.78, 5) is 2.69. The summed E-state index contributed by atoms with van der Waals surface area (Å²) in [5.41, 5.74) is 1.83. The number of nitrogens with zero attached hydrogens (tertiary/aromatic N) is 2. The van der Waals surface area contributed by atoms with E-state index < -0.39 is 10.0 Å². The van der Waals surface area contributed by atoms with Crippen molar-refractivity contribution in [2.75, 3.05) is 42.4 Å². The highest BCUT2D eigenvalue weighted by atomic mass is 32.2. The minimum atomic E-state index is -3.74. The number of benzene rings is 4. The second-order valence-corrected chi connectivity index (χ2v) is 9.77. The van der Waals surface area contributed by atoms with E-state index in [-0.39, 0.29) is 0 Å². The average Bonchev–Trinajstić information content (AvgIpc) is 2.83. The van der Waals surface area contributed by atoms with Gasteiger partial charge in [-0.2, -0.15) is 0 Å². The fourth-order valence-corrected chi connectivity index (χ4v) is 5.85. The molecular formula is C25H25N3O2S. The van der Waals surface area contributed by atoms with Crippen LogP contribution in [0.4, 0.5) is 11.4 Å². The van der Waals surface area contributed by atoms with Crippen LogP contribution in [0.2, 0.25) is 0 Å². The topological polar surface area (TPSA) is 52.6 Å². The Bertz CT molecular complexity index is 1360. The van der Waals surface area contributed by atoms with E-state index in [2.05, 4.69) is 22.3 Å². The van der Waals surface area contributed by atoms with Crippen LogP contribution < -0.4 is 14.5 Å². The molecule has 4 aromatic carbocycles. The van der Waals surface area contributed by atoms with Crippen LogP contribution in [0.15, 0.2) is 83.8 Å². The van der Waals surface area contributed by atoms with Crippen LogP contribution >= 0.6 is 0 Å². The van der Waals surface area contributed by atoms with Crippen LogP contribution in [-0.2, 0) is 10.0 Å². The van der Waals surface area contributed by atoms with Crippen molar-refractivity contribution in [1.82, 2.24) is 5.32 Å². The zero-order chi connectivity index (χ0) is 21.4. The van der Waals surface area contributed by atoms with Gasteiger partial charge in [0.05, 0.1) is 10.6 Å². The predicted molar refractivity (Wildman–Crippen MR) is 129 cm³/mol. The van der Waals surface area contributed by atoms with Gasteiger partial charge in [0.2, 0.25) is 0 Å². The molecule has 0 aromatic heterocycles. The average molecular weight is 432 g/mol. The van der Waals surface area contributed by atoms with E-state index in [1.165, 1.54) is 4.31 Å². The number of nitrogens with one attached hydrogen (secondary N) is 1. The lowest BCUT2D eigenvalue weighted by molar-refractivity contribution is 0.590. The Labute approximate surface area is 183 Å². The summed E-state index contributed by atoms with van der Waals surface area (Å²) in [5.74, 6) is 0. The highest BCUT2D eigenvalue weighted by Gasteiger charge is 2.25. The van der Waals surface area contributed by atoms with Gasteiger partial charge in [-0.05, 0) is 23.6 Å². The van der Waals surface area contributed by atoms with Crippen molar-refractivity contribution < 1.29 is 8.42 Å². The first-order valence-corrected chi connectivity index (χ1v) is 12.0. The highest BCUT2D eigenvalue weighted by molar-refractivity contribution is 7.93. The van der Waals surface area contributed by atoms with Crippen LogP contribution in [0.3, 0.4) is 0 Å². The molecule has 0 saturated carbocycles. The van der Waals surface area contributed by atoms with Crippen molar-refractivity contribution in [3.63, 3.8) is 0 Å². The van der Waals surface area contributed by atoms with Gasteiger partial charge in [-0.15, -0.1) is 0 Å². The van der Waals surface area contributed by atoms with E-state index in [1.807, 2.05) is 54.6 Å². The van der Waals surface area contributed by atoms with Crippen molar-refractivity contribution in [3.05, 3.63) is 78.9 Å². The van der Waals surface area contributed by atoms with Crippen molar-refractivity contribution in [2.24, 2.45) is 0 Å². The minimum absolute atomic E-state index is 0.323. The summed E-state index contributed by atoms with van der Waals surface area (Å²) in [7, 11) is -2.10. The number of piperazine rings is 1. The second-order valence-electron chi connectivity index (χ2n) is 7.84. The summed E-state index contributed by atoms with van der Waals surface area (Å²) in [6.07, 6.45) is 0. The summed E-state index contributed by atoms with van der Waals surface area (Å²) in [5, 5.41) is 7.04. The zero-order valence-electron chi connectivity index (χ0n) is 17.5. The Morgan fingerprint density at radius 3 is 2.19 bits per heavy atom. The Kier molecular flexibility index (Phi) is 5.04. The number of hydrogen-bond donors (Lipinski definition) is 1. The van der Waals surface area contributed by atoms with Crippen LogP contribution in [0.1, 0.15) is 0 Å². The van der Waals surface area contributed by atoms with Crippen molar-refractivity contribution in [3.8, 4) is 0 Å². The van der Waals surface area contributed by atoms with Crippen LogP contribution in [0.5, 0.6) is 0 Å². The first-order valence-electron chi connectivity index (χ1n) is 10.5. The Balaban J connectivity index is 1.64. The standard InChI is InChI=1S/C25H25N3O2S/c1-27(31(29,30)25-12-6-8-19-7-2-3-9-20(19)25)23-13-14-24(28-17-15-26-16-18-28)22-11-5-4-10-21(22)23/h2-14,26H,15-18H2,1H3. The molecule has 158 valence electrons. The number of sulfonamides is 1. The molecule has 1 fully saturated rings. The molecule has 1 aliphatic heterocycles. The molecule has 0 radical (unpaired) electrons. The maximum Gasteiger partial charge on any atom is 0.264 e. The zero-order valence-corrected chi connectivity index (χ0v) is 18.3. The van der Waals surface area contributed by atoms with Crippen LogP contribution in [0.25, 0.3) is 21.5 Å². The first-order chi connectivity index (χ1) is 15.1. The Morgan fingerprint density at radius 2 is 1.42 bits per heavy atom. The molecule has 0 bridgehead atoms. The van der Waals surface area contributed by atoms with Crippen molar-refractivity contribution in [1.29, 1.82) is 0 Å². The molecule has 6 heteroatoms. The molecule has 1 heterocycles. The lowest BCUT2D eigenvalue weighted by atomic mass is 10.1. The molecule has 1 N–H and O–H groups in total. The van der Waals surface area contributed by atoms with Crippen LogP contribution in [-0.4, -0.2) is 41.6 Å². The van der Waals surface area contributed by atoms with Gasteiger partial charge >= 0.3 is 0 Å². The Hall–Kier alpha value is -3.09. The van der Waals surface area contributed by atoms with Crippen molar-refractivity contribution in [2.45, 2.75) is 4.90 Å². The van der Waals surface area contributed by atoms with E-state index in [0.29, 0.717) is 10.6 Å². The fraction of sp³-hybridized carbons (Fsp3) is 0.200. The highest BCUT2D eigenvalue weighted by Crippen LogP contribution is 2.37. The summed E-state index contributed by atoms with van der Waals surface area (Å²) < 4.78 is 28.8. The minimum Gasteiger partial charge on any atom is -0.368 e. The maximum atomic E-state index is 13.7. The van der Waals surface area contributed by atoms with Gasteiger partial charge in [0.15, 0.2) is 0 Å².